The zero-order valence-electron chi connectivity index (χ0n) is 9.25. The minimum atomic E-state index is -0.216. The predicted octanol–water partition coefficient (Wildman–Crippen LogP) is 1.93. The summed E-state index contributed by atoms with van der Waals surface area (Å²) in [5.74, 6) is 0.894. The number of hydrogen-bond acceptors (Lipinski definition) is 2. The molecule has 0 amide bonds. The maximum atomic E-state index is 9.21. The standard InChI is InChI=1S/C11H23NO/c1-8(7-12)5-9(2)10(3)6-11(4)13/h5,8,10-11,13H,6-7,12H2,1-4H3/b9-5+/t8-,10?,11?/m1/s1. The van der Waals surface area contributed by atoms with Gasteiger partial charge in [-0.1, -0.05) is 25.5 Å². The van der Waals surface area contributed by atoms with E-state index in [9.17, 15) is 5.11 Å². The third-order valence-corrected chi connectivity index (χ3v) is 2.39. The summed E-state index contributed by atoms with van der Waals surface area (Å²) >= 11 is 0. The van der Waals surface area contributed by atoms with Crippen molar-refractivity contribution in [2.24, 2.45) is 17.6 Å². The summed E-state index contributed by atoms with van der Waals surface area (Å²) in [6, 6.07) is 0. The van der Waals surface area contributed by atoms with Gasteiger partial charge in [0, 0.05) is 0 Å². The van der Waals surface area contributed by atoms with Crippen LogP contribution in [0.15, 0.2) is 11.6 Å². The van der Waals surface area contributed by atoms with E-state index in [0.717, 1.165) is 6.42 Å². The Hall–Kier alpha value is -0.340. The highest BCUT2D eigenvalue weighted by molar-refractivity contribution is 5.04. The lowest BCUT2D eigenvalue weighted by Gasteiger charge is -2.15. The maximum Gasteiger partial charge on any atom is 0.0517 e. The summed E-state index contributed by atoms with van der Waals surface area (Å²) in [5, 5.41) is 9.21. The molecule has 0 aromatic carbocycles. The second kappa shape index (κ2) is 6.17. The largest absolute Gasteiger partial charge is 0.393 e. The molecule has 0 saturated heterocycles. The van der Waals surface area contributed by atoms with Crippen LogP contribution in [-0.4, -0.2) is 17.8 Å². The minimum Gasteiger partial charge on any atom is -0.393 e. The fourth-order valence-corrected chi connectivity index (χ4v) is 1.38. The summed E-state index contributed by atoms with van der Waals surface area (Å²) in [4.78, 5) is 0. The van der Waals surface area contributed by atoms with E-state index in [-0.39, 0.29) is 6.10 Å². The van der Waals surface area contributed by atoms with Crippen molar-refractivity contribution < 1.29 is 5.11 Å². The second-order valence-electron chi connectivity index (χ2n) is 4.11. The van der Waals surface area contributed by atoms with Gasteiger partial charge in [0.05, 0.1) is 6.10 Å². The molecule has 0 aromatic heterocycles. The number of hydrogen-bond donors (Lipinski definition) is 2. The Balaban J connectivity index is 4.07. The highest BCUT2D eigenvalue weighted by atomic mass is 16.3. The number of nitrogens with two attached hydrogens (primary N) is 1. The first kappa shape index (κ1) is 12.7. The molecule has 78 valence electrons. The quantitative estimate of drug-likeness (QED) is 0.643. The SMILES string of the molecule is C/C(=C\[C@@H](C)CN)C(C)CC(C)O. The van der Waals surface area contributed by atoms with Crippen molar-refractivity contribution >= 4 is 0 Å². The van der Waals surface area contributed by atoms with Gasteiger partial charge in [0.25, 0.3) is 0 Å². The highest BCUT2D eigenvalue weighted by Gasteiger charge is 2.08. The number of aliphatic hydroxyl groups is 1. The summed E-state index contributed by atoms with van der Waals surface area (Å²) in [5.41, 5.74) is 6.86. The summed E-state index contributed by atoms with van der Waals surface area (Å²) in [6.07, 6.45) is 2.82. The topological polar surface area (TPSA) is 46.2 Å². The van der Waals surface area contributed by atoms with Crippen LogP contribution < -0.4 is 5.73 Å². The smallest absolute Gasteiger partial charge is 0.0517 e. The van der Waals surface area contributed by atoms with Crippen LogP contribution in [0.3, 0.4) is 0 Å². The Morgan fingerprint density at radius 1 is 1.38 bits per heavy atom. The van der Waals surface area contributed by atoms with E-state index in [1.54, 1.807) is 0 Å². The van der Waals surface area contributed by atoms with Crippen molar-refractivity contribution in [2.75, 3.05) is 6.54 Å². The van der Waals surface area contributed by atoms with Crippen LogP contribution in [-0.2, 0) is 0 Å². The van der Waals surface area contributed by atoms with Crippen LogP contribution in [0.2, 0.25) is 0 Å². The van der Waals surface area contributed by atoms with Gasteiger partial charge >= 0.3 is 0 Å². The summed E-state index contributed by atoms with van der Waals surface area (Å²) in [7, 11) is 0. The number of aliphatic hydroxyl groups excluding tert-OH is 1. The molecule has 0 saturated carbocycles. The number of rotatable bonds is 5. The van der Waals surface area contributed by atoms with Crippen LogP contribution in [0.5, 0.6) is 0 Å². The molecule has 0 heterocycles. The molecule has 3 N–H and O–H groups in total. The zero-order chi connectivity index (χ0) is 10.4. The molecular weight excluding hydrogens is 162 g/mol. The van der Waals surface area contributed by atoms with E-state index in [0.29, 0.717) is 18.4 Å². The third-order valence-electron chi connectivity index (χ3n) is 2.39. The van der Waals surface area contributed by atoms with E-state index in [1.807, 2.05) is 6.92 Å². The predicted molar refractivity (Wildman–Crippen MR) is 57.4 cm³/mol. The maximum absolute atomic E-state index is 9.21. The molecule has 0 spiro atoms. The van der Waals surface area contributed by atoms with Crippen LogP contribution >= 0.6 is 0 Å². The molecule has 0 bridgehead atoms. The van der Waals surface area contributed by atoms with Crippen molar-refractivity contribution in [1.82, 2.24) is 0 Å². The average Bonchev–Trinajstić information content (AvgIpc) is 2.02. The van der Waals surface area contributed by atoms with Gasteiger partial charge < -0.3 is 10.8 Å². The Labute approximate surface area is 81.8 Å². The number of allylic oxidation sites excluding steroid dienone is 1. The first-order valence-electron chi connectivity index (χ1n) is 5.03. The molecule has 0 aliphatic heterocycles. The van der Waals surface area contributed by atoms with Crippen LogP contribution in [0.1, 0.15) is 34.1 Å². The molecule has 2 heteroatoms. The lowest BCUT2D eigenvalue weighted by molar-refractivity contribution is 0.170. The van der Waals surface area contributed by atoms with Crippen molar-refractivity contribution in [1.29, 1.82) is 0 Å². The van der Waals surface area contributed by atoms with Gasteiger partial charge in [0.15, 0.2) is 0 Å². The zero-order valence-corrected chi connectivity index (χ0v) is 9.25. The Kier molecular flexibility index (Phi) is 6.00. The molecule has 0 aliphatic rings. The van der Waals surface area contributed by atoms with Gasteiger partial charge in [-0.15, -0.1) is 0 Å². The molecular formula is C11H23NO. The van der Waals surface area contributed by atoms with E-state index in [4.69, 9.17) is 5.73 Å². The van der Waals surface area contributed by atoms with Gasteiger partial charge in [-0.3, -0.25) is 0 Å². The average molecular weight is 185 g/mol. The van der Waals surface area contributed by atoms with Crippen LogP contribution in [0, 0.1) is 11.8 Å². The molecule has 2 nitrogen and oxygen atoms in total. The molecule has 3 atom stereocenters. The monoisotopic (exact) mass is 185 g/mol. The van der Waals surface area contributed by atoms with Gasteiger partial charge in [0.1, 0.15) is 0 Å². The van der Waals surface area contributed by atoms with Crippen molar-refractivity contribution in [3.8, 4) is 0 Å². The summed E-state index contributed by atoms with van der Waals surface area (Å²) < 4.78 is 0. The fourth-order valence-electron chi connectivity index (χ4n) is 1.38. The van der Waals surface area contributed by atoms with E-state index in [1.165, 1.54) is 5.57 Å². The fraction of sp³-hybridized carbons (Fsp3) is 0.818. The first-order chi connectivity index (χ1) is 5.97. The van der Waals surface area contributed by atoms with Gasteiger partial charge in [0.2, 0.25) is 0 Å². The van der Waals surface area contributed by atoms with E-state index >= 15 is 0 Å². The molecule has 0 fully saturated rings. The highest BCUT2D eigenvalue weighted by Crippen LogP contribution is 2.17. The minimum absolute atomic E-state index is 0.216. The first-order valence-corrected chi connectivity index (χ1v) is 5.03. The lowest BCUT2D eigenvalue weighted by atomic mass is 9.94. The second-order valence-corrected chi connectivity index (χ2v) is 4.11. The third kappa shape index (κ3) is 5.83. The Morgan fingerprint density at radius 3 is 2.31 bits per heavy atom. The Bertz CT molecular complexity index is 163. The molecule has 0 aliphatic carbocycles. The molecule has 0 radical (unpaired) electrons. The Morgan fingerprint density at radius 2 is 1.92 bits per heavy atom. The van der Waals surface area contributed by atoms with Gasteiger partial charge in [-0.2, -0.15) is 0 Å². The van der Waals surface area contributed by atoms with E-state index < -0.39 is 0 Å². The molecule has 0 rings (SSSR count). The molecule has 0 aromatic rings. The van der Waals surface area contributed by atoms with Crippen molar-refractivity contribution in [3.05, 3.63) is 11.6 Å². The van der Waals surface area contributed by atoms with E-state index in [2.05, 4.69) is 26.8 Å². The molecule has 13 heavy (non-hydrogen) atoms. The lowest BCUT2D eigenvalue weighted by Crippen LogP contribution is -2.12. The molecule has 2 unspecified atom stereocenters. The van der Waals surface area contributed by atoms with Crippen LogP contribution in [0.25, 0.3) is 0 Å². The van der Waals surface area contributed by atoms with Crippen molar-refractivity contribution in [3.63, 3.8) is 0 Å². The van der Waals surface area contributed by atoms with Gasteiger partial charge in [-0.25, -0.2) is 0 Å². The van der Waals surface area contributed by atoms with Gasteiger partial charge in [-0.05, 0) is 38.6 Å². The van der Waals surface area contributed by atoms with Crippen LogP contribution in [0.4, 0.5) is 0 Å². The normalized spacial score (nSPS) is 19.7. The summed E-state index contributed by atoms with van der Waals surface area (Å²) in [6.45, 7) is 8.88. The van der Waals surface area contributed by atoms with Crippen molar-refractivity contribution in [2.45, 2.75) is 40.2 Å².